The van der Waals surface area contributed by atoms with Gasteiger partial charge in [-0.1, -0.05) is 23.7 Å². The molecule has 3 N–H and O–H groups in total. The molecule has 3 atom stereocenters. The van der Waals surface area contributed by atoms with E-state index in [2.05, 4.69) is 15.4 Å². The molecule has 1 aromatic carbocycles. The molecule has 9 nitrogen and oxygen atoms in total. The molecule has 11 heteroatoms. The minimum atomic E-state index is -0.701. The second kappa shape index (κ2) is 8.68. The summed E-state index contributed by atoms with van der Waals surface area (Å²) in [6.07, 6.45) is 5.44. The molecule has 2 fully saturated rings. The number of hydrogen-bond acceptors (Lipinski definition) is 5. The highest BCUT2D eigenvalue weighted by molar-refractivity contribution is 6.30. The number of nitrogens with one attached hydrogen (secondary N) is 1. The maximum absolute atomic E-state index is 14.2. The Hall–Kier alpha value is -3.53. The van der Waals surface area contributed by atoms with Gasteiger partial charge in [0.2, 0.25) is 11.8 Å². The van der Waals surface area contributed by atoms with Crippen LogP contribution in [0.3, 0.4) is 0 Å². The molecule has 0 radical (unpaired) electrons. The molecule has 1 aliphatic heterocycles. The molecular weight excluding hydrogens is 463 g/mol. The molecule has 3 amide bonds. The summed E-state index contributed by atoms with van der Waals surface area (Å²) in [6, 6.07) is 5.53. The molecule has 2 aromatic heterocycles. The lowest BCUT2D eigenvalue weighted by molar-refractivity contribution is -0.143. The minimum absolute atomic E-state index is 0.0141. The highest BCUT2D eigenvalue weighted by Crippen LogP contribution is 2.42. The fraction of sp³-hybridized carbons (Fsp3) is 0.348. The SMILES string of the molecule is NC(=O)c1nn(CC(=O)N2C3CC[C@@H](C3)[C@H]2C(=O)NCc2cccc(Cl)c2F)c2cnccc12. The van der Waals surface area contributed by atoms with Crippen LogP contribution < -0.4 is 11.1 Å². The Morgan fingerprint density at radius 1 is 1.24 bits per heavy atom. The Morgan fingerprint density at radius 2 is 2.06 bits per heavy atom. The molecule has 3 heterocycles. The Kier molecular flexibility index (Phi) is 5.68. The first-order valence-electron chi connectivity index (χ1n) is 11.0. The van der Waals surface area contributed by atoms with Crippen LogP contribution in [0, 0.1) is 11.7 Å². The van der Waals surface area contributed by atoms with Crippen molar-refractivity contribution in [2.24, 2.45) is 11.7 Å². The van der Waals surface area contributed by atoms with E-state index in [9.17, 15) is 18.8 Å². The highest BCUT2D eigenvalue weighted by Gasteiger charge is 2.51. The second-order valence-electron chi connectivity index (χ2n) is 8.67. The van der Waals surface area contributed by atoms with E-state index in [-0.39, 0.29) is 53.1 Å². The first-order chi connectivity index (χ1) is 16.3. The highest BCUT2D eigenvalue weighted by atomic mass is 35.5. The van der Waals surface area contributed by atoms with Crippen LogP contribution in [0.4, 0.5) is 4.39 Å². The van der Waals surface area contributed by atoms with E-state index in [4.69, 9.17) is 17.3 Å². The number of primary amides is 1. The topological polar surface area (TPSA) is 123 Å². The van der Waals surface area contributed by atoms with Crippen molar-refractivity contribution < 1.29 is 18.8 Å². The zero-order valence-corrected chi connectivity index (χ0v) is 18.8. The second-order valence-corrected chi connectivity index (χ2v) is 9.07. The molecule has 1 unspecified atom stereocenters. The first-order valence-corrected chi connectivity index (χ1v) is 11.3. The van der Waals surface area contributed by atoms with Crippen molar-refractivity contribution in [2.75, 3.05) is 0 Å². The van der Waals surface area contributed by atoms with Gasteiger partial charge in [-0.05, 0) is 37.3 Å². The smallest absolute Gasteiger partial charge is 0.269 e. The lowest BCUT2D eigenvalue weighted by atomic mass is 9.97. The summed E-state index contributed by atoms with van der Waals surface area (Å²) in [5.74, 6) is -1.85. The Bertz CT molecular complexity index is 1310. The number of carbonyl (C=O) groups excluding carboxylic acids is 3. The van der Waals surface area contributed by atoms with Crippen LogP contribution in [0.1, 0.15) is 35.3 Å². The van der Waals surface area contributed by atoms with Gasteiger partial charge >= 0.3 is 0 Å². The van der Waals surface area contributed by atoms with E-state index in [0.29, 0.717) is 10.9 Å². The van der Waals surface area contributed by atoms with Crippen molar-refractivity contribution in [3.8, 4) is 0 Å². The third-order valence-electron chi connectivity index (χ3n) is 6.70. The van der Waals surface area contributed by atoms with Crippen molar-refractivity contribution in [1.29, 1.82) is 0 Å². The predicted molar refractivity (Wildman–Crippen MR) is 121 cm³/mol. The largest absolute Gasteiger partial charge is 0.364 e. The lowest BCUT2D eigenvalue weighted by Gasteiger charge is -2.34. The van der Waals surface area contributed by atoms with E-state index in [1.54, 1.807) is 23.1 Å². The Balaban J connectivity index is 1.36. The molecule has 3 aromatic rings. The molecule has 1 saturated heterocycles. The molecule has 5 rings (SSSR count). The van der Waals surface area contributed by atoms with Gasteiger partial charge in [0.1, 0.15) is 18.4 Å². The zero-order chi connectivity index (χ0) is 24.0. The number of nitrogens with zero attached hydrogens (tertiary/aromatic N) is 4. The fourth-order valence-electron chi connectivity index (χ4n) is 5.19. The molecule has 0 spiro atoms. The molecule has 2 bridgehead atoms. The van der Waals surface area contributed by atoms with Gasteiger partial charge in [-0.2, -0.15) is 5.10 Å². The number of aromatic nitrogens is 3. The number of fused-ring (bicyclic) bond motifs is 3. The summed E-state index contributed by atoms with van der Waals surface area (Å²) in [5, 5.41) is 7.49. The summed E-state index contributed by atoms with van der Waals surface area (Å²) >= 11 is 5.83. The molecule has 176 valence electrons. The summed E-state index contributed by atoms with van der Waals surface area (Å²) in [6.45, 7) is -0.191. The number of halogens is 2. The van der Waals surface area contributed by atoms with Crippen LogP contribution in [-0.4, -0.2) is 49.5 Å². The number of hydrogen-bond donors (Lipinski definition) is 2. The van der Waals surface area contributed by atoms with Crippen molar-refractivity contribution in [3.63, 3.8) is 0 Å². The van der Waals surface area contributed by atoms with Gasteiger partial charge in [-0.25, -0.2) is 4.39 Å². The van der Waals surface area contributed by atoms with Crippen molar-refractivity contribution in [2.45, 2.75) is 44.4 Å². The van der Waals surface area contributed by atoms with Crippen molar-refractivity contribution in [1.82, 2.24) is 25.0 Å². The maximum Gasteiger partial charge on any atom is 0.269 e. The number of pyridine rings is 1. The van der Waals surface area contributed by atoms with Crippen molar-refractivity contribution in [3.05, 3.63) is 58.8 Å². The molecule has 2 aliphatic rings. The third kappa shape index (κ3) is 3.77. The first kappa shape index (κ1) is 22.3. The lowest BCUT2D eigenvalue weighted by Crippen LogP contribution is -2.53. The summed E-state index contributed by atoms with van der Waals surface area (Å²) in [4.78, 5) is 44.0. The van der Waals surface area contributed by atoms with E-state index in [1.165, 1.54) is 23.1 Å². The summed E-state index contributed by atoms with van der Waals surface area (Å²) in [7, 11) is 0. The normalized spacial score (nSPS) is 21.2. The number of likely N-dealkylation sites (tertiary alicyclic amines) is 1. The van der Waals surface area contributed by atoms with Crippen LogP contribution in [0.25, 0.3) is 10.9 Å². The number of benzene rings is 1. The van der Waals surface area contributed by atoms with E-state index in [1.807, 2.05) is 0 Å². The van der Waals surface area contributed by atoms with Gasteiger partial charge in [0, 0.05) is 29.7 Å². The maximum atomic E-state index is 14.2. The number of piperidine rings is 1. The number of carbonyl (C=O) groups is 3. The van der Waals surface area contributed by atoms with Gasteiger partial charge in [0.05, 0.1) is 16.7 Å². The summed E-state index contributed by atoms with van der Waals surface area (Å²) < 4.78 is 15.6. The van der Waals surface area contributed by atoms with E-state index >= 15 is 0 Å². The standard InChI is InChI=1S/C23H22ClFN6O3/c24-16-3-1-2-13(19(16)25)9-28-23(34)21-12-4-5-14(8-12)31(21)18(32)11-30-17-10-27-7-6-15(17)20(29-30)22(26)33/h1-3,6-7,10,12,14,21H,4-5,8-9,11H2,(H2,26,33)(H,28,34)/t12-,14?,21-/m0/s1. The quantitative estimate of drug-likeness (QED) is 0.554. The monoisotopic (exact) mass is 484 g/mol. The predicted octanol–water partition coefficient (Wildman–Crippen LogP) is 2.02. The Labute approximate surface area is 199 Å². The van der Waals surface area contributed by atoms with E-state index < -0.39 is 17.8 Å². The Morgan fingerprint density at radius 3 is 2.85 bits per heavy atom. The van der Waals surface area contributed by atoms with Crippen LogP contribution >= 0.6 is 11.6 Å². The van der Waals surface area contributed by atoms with Gasteiger partial charge in [0.15, 0.2) is 5.69 Å². The van der Waals surface area contributed by atoms with Crippen LogP contribution in [0.15, 0.2) is 36.7 Å². The van der Waals surface area contributed by atoms with Gasteiger partial charge in [-0.15, -0.1) is 0 Å². The summed E-state index contributed by atoms with van der Waals surface area (Å²) in [5.41, 5.74) is 6.28. The van der Waals surface area contributed by atoms with Crippen LogP contribution in [-0.2, 0) is 22.7 Å². The van der Waals surface area contributed by atoms with Gasteiger partial charge in [0.25, 0.3) is 5.91 Å². The fourth-order valence-corrected chi connectivity index (χ4v) is 5.38. The van der Waals surface area contributed by atoms with Crippen LogP contribution in [0.2, 0.25) is 5.02 Å². The molecule has 34 heavy (non-hydrogen) atoms. The van der Waals surface area contributed by atoms with Gasteiger partial charge in [-0.3, -0.25) is 24.0 Å². The number of rotatable bonds is 6. The molecule has 1 saturated carbocycles. The molecule has 1 aliphatic carbocycles. The zero-order valence-electron chi connectivity index (χ0n) is 18.1. The van der Waals surface area contributed by atoms with E-state index in [0.717, 1.165) is 19.3 Å². The third-order valence-corrected chi connectivity index (χ3v) is 6.99. The number of amides is 3. The van der Waals surface area contributed by atoms with Crippen molar-refractivity contribution >= 4 is 40.2 Å². The average molecular weight is 485 g/mol. The van der Waals surface area contributed by atoms with Gasteiger partial charge < -0.3 is 16.0 Å². The average Bonchev–Trinajstić information content (AvgIpc) is 3.53. The molecular formula is C23H22ClFN6O3. The minimum Gasteiger partial charge on any atom is -0.364 e. The number of nitrogens with two attached hydrogens (primary N) is 1. The van der Waals surface area contributed by atoms with Crippen LogP contribution in [0.5, 0.6) is 0 Å².